The number of hydrogen-bond acceptors (Lipinski definition) is 3. The molecule has 3 nitrogen and oxygen atoms in total. The van der Waals surface area contributed by atoms with E-state index in [1.807, 2.05) is 55.5 Å². The van der Waals surface area contributed by atoms with Gasteiger partial charge in [0.05, 0.1) is 0 Å². The highest BCUT2D eigenvalue weighted by atomic mass is 16.5. The minimum Gasteiger partial charge on any atom is -0.361 e. The second-order valence-corrected chi connectivity index (χ2v) is 4.20. The standard InChI is InChI=1S/C15H15NO2/c1-12(9-10-17)15-11-14(16-18-15)8-7-13-5-3-2-4-6-13/h2-8,10-12H,9H2,1H3. The van der Waals surface area contributed by atoms with E-state index in [4.69, 9.17) is 4.52 Å². The van der Waals surface area contributed by atoms with Crippen LogP contribution >= 0.6 is 0 Å². The zero-order valence-corrected chi connectivity index (χ0v) is 10.2. The zero-order chi connectivity index (χ0) is 12.8. The van der Waals surface area contributed by atoms with Gasteiger partial charge in [0.25, 0.3) is 0 Å². The van der Waals surface area contributed by atoms with Crippen molar-refractivity contribution >= 4 is 18.4 Å². The summed E-state index contributed by atoms with van der Waals surface area (Å²) in [6, 6.07) is 11.9. The maximum Gasteiger partial charge on any atom is 0.140 e. The molecule has 0 radical (unpaired) electrons. The molecule has 1 aromatic carbocycles. The lowest BCUT2D eigenvalue weighted by Crippen LogP contribution is -1.91. The summed E-state index contributed by atoms with van der Waals surface area (Å²) in [5.41, 5.74) is 1.88. The van der Waals surface area contributed by atoms with Gasteiger partial charge in [-0.3, -0.25) is 0 Å². The van der Waals surface area contributed by atoms with Crippen LogP contribution in [0.25, 0.3) is 12.2 Å². The SMILES string of the molecule is CC(CC=O)c1cc(C=Cc2ccccc2)no1. The molecule has 0 spiro atoms. The maximum atomic E-state index is 10.4. The molecule has 0 saturated heterocycles. The molecule has 0 amide bonds. The van der Waals surface area contributed by atoms with Crippen molar-refractivity contribution in [3.8, 4) is 0 Å². The molecule has 1 aromatic heterocycles. The molecule has 2 rings (SSSR count). The largest absolute Gasteiger partial charge is 0.361 e. The molecular formula is C15H15NO2. The number of carbonyl (C=O) groups is 1. The van der Waals surface area contributed by atoms with Crippen LogP contribution in [0.15, 0.2) is 40.9 Å². The van der Waals surface area contributed by atoms with Crippen LogP contribution in [0, 0.1) is 0 Å². The second-order valence-electron chi connectivity index (χ2n) is 4.20. The quantitative estimate of drug-likeness (QED) is 0.752. The number of carbonyl (C=O) groups excluding carboxylic acids is 1. The third kappa shape index (κ3) is 3.17. The van der Waals surface area contributed by atoms with Gasteiger partial charge in [0, 0.05) is 18.4 Å². The highest BCUT2D eigenvalue weighted by Gasteiger charge is 2.10. The molecule has 1 atom stereocenters. The number of nitrogens with zero attached hydrogens (tertiary/aromatic N) is 1. The van der Waals surface area contributed by atoms with Crippen LogP contribution in [-0.4, -0.2) is 11.4 Å². The molecule has 1 heterocycles. The van der Waals surface area contributed by atoms with E-state index in [2.05, 4.69) is 5.16 Å². The van der Waals surface area contributed by atoms with Crippen molar-refractivity contribution in [2.45, 2.75) is 19.3 Å². The Kier molecular flexibility index (Phi) is 4.07. The molecule has 0 bridgehead atoms. The number of aldehydes is 1. The van der Waals surface area contributed by atoms with Crippen LogP contribution in [0.4, 0.5) is 0 Å². The molecule has 1 unspecified atom stereocenters. The maximum absolute atomic E-state index is 10.4. The van der Waals surface area contributed by atoms with Gasteiger partial charge in [0.2, 0.25) is 0 Å². The van der Waals surface area contributed by atoms with Crippen LogP contribution in [0.3, 0.4) is 0 Å². The lowest BCUT2D eigenvalue weighted by molar-refractivity contribution is -0.108. The van der Waals surface area contributed by atoms with E-state index >= 15 is 0 Å². The molecule has 0 N–H and O–H groups in total. The summed E-state index contributed by atoms with van der Waals surface area (Å²) in [5.74, 6) is 0.823. The van der Waals surface area contributed by atoms with Gasteiger partial charge >= 0.3 is 0 Å². The van der Waals surface area contributed by atoms with Gasteiger partial charge in [-0.1, -0.05) is 48.5 Å². The first-order chi connectivity index (χ1) is 8.79. The smallest absolute Gasteiger partial charge is 0.140 e. The van der Waals surface area contributed by atoms with Crippen LogP contribution in [0.5, 0.6) is 0 Å². The predicted molar refractivity (Wildman–Crippen MR) is 71.0 cm³/mol. The molecule has 92 valence electrons. The van der Waals surface area contributed by atoms with Crippen molar-refractivity contribution in [3.05, 3.63) is 53.4 Å². The molecule has 0 aliphatic rings. The van der Waals surface area contributed by atoms with E-state index in [9.17, 15) is 4.79 Å². The van der Waals surface area contributed by atoms with Crippen LogP contribution in [-0.2, 0) is 4.79 Å². The van der Waals surface area contributed by atoms with Crippen molar-refractivity contribution in [2.75, 3.05) is 0 Å². The van der Waals surface area contributed by atoms with E-state index in [1.165, 1.54) is 0 Å². The molecule has 18 heavy (non-hydrogen) atoms. The number of benzene rings is 1. The van der Waals surface area contributed by atoms with Crippen molar-refractivity contribution in [1.82, 2.24) is 5.16 Å². The van der Waals surface area contributed by atoms with Gasteiger partial charge < -0.3 is 9.32 Å². The van der Waals surface area contributed by atoms with Crippen molar-refractivity contribution in [1.29, 1.82) is 0 Å². The van der Waals surface area contributed by atoms with E-state index in [0.29, 0.717) is 6.42 Å². The number of rotatable bonds is 5. The summed E-state index contributed by atoms with van der Waals surface area (Å²) in [5, 5.41) is 3.96. The van der Waals surface area contributed by atoms with Crippen LogP contribution in [0.2, 0.25) is 0 Å². The first-order valence-electron chi connectivity index (χ1n) is 5.93. The Hall–Kier alpha value is -2.16. The normalized spacial score (nSPS) is 12.7. The minimum atomic E-state index is 0.0777. The van der Waals surface area contributed by atoms with E-state index in [1.54, 1.807) is 0 Å². The van der Waals surface area contributed by atoms with Crippen molar-refractivity contribution in [3.63, 3.8) is 0 Å². The Morgan fingerprint density at radius 1 is 1.28 bits per heavy atom. The van der Waals surface area contributed by atoms with Crippen LogP contribution < -0.4 is 0 Å². The highest BCUT2D eigenvalue weighted by molar-refractivity contribution is 5.67. The Balaban J connectivity index is 2.07. The summed E-state index contributed by atoms with van der Waals surface area (Å²) in [6.07, 6.45) is 5.23. The lowest BCUT2D eigenvalue weighted by Gasteiger charge is -1.98. The Morgan fingerprint density at radius 2 is 2.06 bits per heavy atom. The summed E-state index contributed by atoms with van der Waals surface area (Å²) in [6.45, 7) is 1.94. The summed E-state index contributed by atoms with van der Waals surface area (Å²) in [4.78, 5) is 10.4. The first-order valence-corrected chi connectivity index (χ1v) is 5.93. The van der Waals surface area contributed by atoms with Gasteiger partial charge in [-0.25, -0.2) is 0 Å². The number of aromatic nitrogens is 1. The van der Waals surface area contributed by atoms with E-state index in [0.717, 1.165) is 23.3 Å². The average molecular weight is 241 g/mol. The second kappa shape index (κ2) is 5.96. The topological polar surface area (TPSA) is 43.1 Å². The first kappa shape index (κ1) is 12.3. The fourth-order valence-corrected chi connectivity index (χ4v) is 1.62. The molecule has 3 heteroatoms. The molecule has 0 fully saturated rings. The summed E-state index contributed by atoms with van der Waals surface area (Å²) >= 11 is 0. The van der Waals surface area contributed by atoms with Gasteiger partial charge in [-0.2, -0.15) is 0 Å². The molecule has 0 aliphatic carbocycles. The van der Waals surface area contributed by atoms with Gasteiger partial charge in [0.15, 0.2) is 0 Å². The van der Waals surface area contributed by atoms with Gasteiger partial charge in [0.1, 0.15) is 17.7 Å². The molecule has 2 aromatic rings. The minimum absolute atomic E-state index is 0.0777. The third-order valence-electron chi connectivity index (χ3n) is 2.73. The highest BCUT2D eigenvalue weighted by Crippen LogP contribution is 2.19. The average Bonchev–Trinajstić information content (AvgIpc) is 2.87. The van der Waals surface area contributed by atoms with Gasteiger partial charge in [-0.15, -0.1) is 0 Å². The predicted octanol–water partition coefficient (Wildman–Crippen LogP) is 3.54. The lowest BCUT2D eigenvalue weighted by atomic mass is 10.1. The fraction of sp³-hybridized carbons (Fsp3) is 0.200. The molecule has 0 aliphatic heterocycles. The fourth-order valence-electron chi connectivity index (χ4n) is 1.62. The Morgan fingerprint density at radius 3 is 2.78 bits per heavy atom. The monoisotopic (exact) mass is 241 g/mol. The van der Waals surface area contributed by atoms with E-state index in [-0.39, 0.29) is 5.92 Å². The Labute approximate surface area is 106 Å². The Bertz CT molecular complexity index is 528. The third-order valence-corrected chi connectivity index (χ3v) is 2.73. The summed E-state index contributed by atoms with van der Waals surface area (Å²) < 4.78 is 5.21. The molecular weight excluding hydrogens is 226 g/mol. The van der Waals surface area contributed by atoms with Crippen molar-refractivity contribution in [2.24, 2.45) is 0 Å². The van der Waals surface area contributed by atoms with Crippen molar-refractivity contribution < 1.29 is 9.32 Å². The molecule has 0 saturated carbocycles. The van der Waals surface area contributed by atoms with Crippen LogP contribution in [0.1, 0.15) is 36.3 Å². The zero-order valence-electron chi connectivity index (χ0n) is 10.2. The summed E-state index contributed by atoms with van der Waals surface area (Å²) in [7, 11) is 0. The van der Waals surface area contributed by atoms with E-state index < -0.39 is 0 Å². The number of hydrogen-bond donors (Lipinski definition) is 0. The van der Waals surface area contributed by atoms with Gasteiger partial charge in [-0.05, 0) is 11.6 Å².